The van der Waals surface area contributed by atoms with Gasteiger partial charge in [0.1, 0.15) is 0 Å². The van der Waals surface area contributed by atoms with Gasteiger partial charge in [0.05, 0.1) is 5.75 Å². The average molecular weight is 359 g/mol. The molecule has 1 aliphatic rings. The van der Waals surface area contributed by atoms with E-state index in [1.54, 1.807) is 4.31 Å². The number of aryl methyl sites for hydroxylation is 2. The Morgan fingerprint density at radius 3 is 2.04 bits per heavy atom. The topological polar surface area (TPSA) is 40.6 Å². The molecule has 1 saturated heterocycles. The number of hydrogen-bond acceptors (Lipinski definition) is 3. The van der Waals surface area contributed by atoms with Crippen LogP contribution in [0.2, 0.25) is 0 Å². The fourth-order valence-electron chi connectivity index (χ4n) is 3.46. The van der Waals surface area contributed by atoms with Gasteiger partial charge in [-0.05, 0) is 25.0 Å². The first-order chi connectivity index (χ1) is 11.9. The van der Waals surface area contributed by atoms with Crippen LogP contribution >= 0.6 is 0 Å². The Kier molecular flexibility index (Phi) is 5.57. The van der Waals surface area contributed by atoms with E-state index in [1.165, 1.54) is 16.7 Å². The summed E-state index contributed by atoms with van der Waals surface area (Å²) >= 11 is 0. The van der Waals surface area contributed by atoms with Crippen molar-refractivity contribution in [1.82, 2.24) is 9.21 Å². The summed E-state index contributed by atoms with van der Waals surface area (Å²) in [6.07, 6.45) is 0. The van der Waals surface area contributed by atoms with Crippen LogP contribution in [0.3, 0.4) is 0 Å². The molecule has 4 nitrogen and oxygen atoms in total. The molecule has 2 aromatic rings. The summed E-state index contributed by atoms with van der Waals surface area (Å²) in [6.45, 7) is 7.81. The van der Waals surface area contributed by atoms with Crippen molar-refractivity contribution >= 4 is 10.0 Å². The third-order valence-corrected chi connectivity index (χ3v) is 6.45. The first-order valence-corrected chi connectivity index (χ1v) is 10.3. The van der Waals surface area contributed by atoms with Crippen molar-refractivity contribution in [3.05, 3.63) is 70.8 Å². The molecule has 0 amide bonds. The van der Waals surface area contributed by atoms with Crippen LogP contribution in [0.1, 0.15) is 22.3 Å². The van der Waals surface area contributed by atoms with Gasteiger partial charge in [-0.3, -0.25) is 4.90 Å². The maximum absolute atomic E-state index is 12.6. The van der Waals surface area contributed by atoms with Crippen LogP contribution < -0.4 is 0 Å². The molecule has 0 aliphatic carbocycles. The highest BCUT2D eigenvalue weighted by molar-refractivity contribution is 7.88. The number of sulfonamides is 1. The van der Waals surface area contributed by atoms with Crippen LogP contribution in [0.25, 0.3) is 0 Å². The van der Waals surface area contributed by atoms with E-state index >= 15 is 0 Å². The van der Waals surface area contributed by atoms with Gasteiger partial charge in [-0.2, -0.15) is 4.31 Å². The lowest BCUT2D eigenvalue weighted by Gasteiger charge is -2.34. The summed E-state index contributed by atoms with van der Waals surface area (Å²) in [5.41, 5.74) is 4.71. The molecule has 3 rings (SSSR count). The van der Waals surface area contributed by atoms with Gasteiger partial charge in [0.25, 0.3) is 0 Å². The molecule has 0 N–H and O–H groups in total. The van der Waals surface area contributed by atoms with Crippen LogP contribution in [-0.2, 0) is 22.3 Å². The Labute approximate surface area is 151 Å². The number of benzene rings is 2. The van der Waals surface area contributed by atoms with E-state index in [0.717, 1.165) is 25.2 Å². The fourth-order valence-corrected chi connectivity index (χ4v) is 4.98. The van der Waals surface area contributed by atoms with Gasteiger partial charge in [0.15, 0.2) is 0 Å². The molecule has 0 bridgehead atoms. The Morgan fingerprint density at radius 1 is 0.840 bits per heavy atom. The zero-order valence-electron chi connectivity index (χ0n) is 15.0. The highest BCUT2D eigenvalue weighted by atomic mass is 32.2. The molecule has 0 unspecified atom stereocenters. The third-order valence-electron chi connectivity index (χ3n) is 4.60. The minimum absolute atomic E-state index is 0.0882. The Bertz CT molecular complexity index is 791. The predicted molar refractivity (Wildman–Crippen MR) is 102 cm³/mol. The van der Waals surface area contributed by atoms with E-state index in [0.29, 0.717) is 13.1 Å². The lowest BCUT2D eigenvalue weighted by molar-refractivity contribution is 0.181. The van der Waals surface area contributed by atoms with Crippen molar-refractivity contribution in [2.45, 2.75) is 26.1 Å². The van der Waals surface area contributed by atoms with Crippen molar-refractivity contribution in [3.8, 4) is 0 Å². The molecule has 1 heterocycles. The van der Waals surface area contributed by atoms with Crippen LogP contribution in [-0.4, -0.2) is 43.8 Å². The van der Waals surface area contributed by atoms with Gasteiger partial charge in [-0.15, -0.1) is 0 Å². The largest absolute Gasteiger partial charge is 0.296 e. The SMILES string of the molecule is Cc1cc(C)cc(CN2CCN(S(=O)(=O)Cc3ccccc3)CC2)c1. The van der Waals surface area contributed by atoms with Crippen LogP contribution in [0, 0.1) is 13.8 Å². The van der Waals surface area contributed by atoms with E-state index in [-0.39, 0.29) is 5.75 Å². The molecule has 134 valence electrons. The molecular formula is C20H26N2O2S. The van der Waals surface area contributed by atoms with Gasteiger partial charge >= 0.3 is 0 Å². The zero-order valence-corrected chi connectivity index (χ0v) is 15.8. The van der Waals surface area contributed by atoms with Crippen molar-refractivity contribution in [3.63, 3.8) is 0 Å². The average Bonchev–Trinajstić information content (AvgIpc) is 2.55. The molecule has 0 aromatic heterocycles. The molecule has 0 spiro atoms. The summed E-state index contributed by atoms with van der Waals surface area (Å²) in [7, 11) is -3.24. The summed E-state index contributed by atoms with van der Waals surface area (Å²) in [6, 6.07) is 16.0. The van der Waals surface area contributed by atoms with Gasteiger partial charge in [-0.1, -0.05) is 59.7 Å². The summed E-state index contributed by atoms with van der Waals surface area (Å²) in [5, 5.41) is 0. The molecule has 2 aromatic carbocycles. The summed E-state index contributed by atoms with van der Waals surface area (Å²) in [4.78, 5) is 2.34. The van der Waals surface area contributed by atoms with Crippen molar-refractivity contribution in [1.29, 1.82) is 0 Å². The number of nitrogens with zero attached hydrogens (tertiary/aromatic N) is 2. The molecule has 1 fully saturated rings. The highest BCUT2D eigenvalue weighted by Crippen LogP contribution is 2.16. The maximum atomic E-state index is 12.6. The number of piperazine rings is 1. The molecular weight excluding hydrogens is 332 g/mol. The smallest absolute Gasteiger partial charge is 0.218 e. The molecule has 5 heteroatoms. The molecule has 25 heavy (non-hydrogen) atoms. The van der Waals surface area contributed by atoms with E-state index in [4.69, 9.17) is 0 Å². The van der Waals surface area contributed by atoms with Crippen LogP contribution in [0.15, 0.2) is 48.5 Å². The second kappa shape index (κ2) is 7.68. The normalized spacial score (nSPS) is 16.9. The molecule has 0 atom stereocenters. The Hall–Kier alpha value is -1.69. The first kappa shape index (κ1) is 18.1. The quantitative estimate of drug-likeness (QED) is 0.825. The molecule has 1 aliphatic heterocycles. The van der Waals surface area contributed by atoms with Gasteiger partial charge < -0.3 is 0 Å². The predicted octanol–water partition coefficient (Wildman–Crippen LogP) is 2.95. The Balaban J connectivity index is 1.57. The maximum Gasteiger partial charge on any atom is 0.218 e. The van der Waals surface area contributed by atoms with Crippen molar-refractivity contribution in [2.75, 3.05) is 26.2 Å². The van der Waals surface area contributed by atoms with Gasteiger partial charge in [-0.25, -0.2) is 8.42 Å². The van der Waals surface area contributed by atoms with Crippen LogP contribution in [0.5, 0.6) is 0 Å². The van der Waals surface area contributed by atoms with E-state index in [2.05, 4.69) is 36.9 Å². The highest BCUT2D eigenvalue weighted by Gasteiger charge is 2.27. The molecule has 0 saturated carbocycles. The standard InChI is InChI=1S/C20H26N2O2S/c1-17-12-18(2)14-20(13-17)15-21-8-10-22(11-9-21)25(23,24)16-19-6-4-3-5-7-19/h3-7,12-14H,8-11,15-16H2,1-2H3. The zero-order chi connectivity index (χ0) is 17.9. The van der Waals surface area contributed by atoms with E-state index in [9.17, 15) is 8.42 Å². The number of rotatable bonds is 5. The van der Waals surface area contributed by atoms with E-state index < -0.39 is 10.0 Å². The second-order valence-corrected chi connectivity index (χ2v) is 8.88. The minimum atomic E-state index is -3.24. The first-order valence-electron chi connectivity index (χ1n) is 8.74. The monoisotopic (exact) mass is 358 g/mol. The minimum Gasteiger partial charge on any atom is -0.296 e. The third kappa shape index (κ3) is 4.91. The van der Waals surface area contributed by atoms with Crippen molar-refractivity contribution < 1.29 is 8.42 Å². The lowest BCUT2D eigenvalue weighted by atomic mass is 10.1. The van der Waals surface area contributed by atoms with Gasteiger partial charge in [0.2, 0.25) is 10.0 Å². The summed E-state index contributed by atoms with van der Waals surface area (Å²) < 4.78 is 26.9. The summed E-state index contributed by atoms with van der Waals surface area (Å²) in [5.74, 6) is 0.0882. The fraction of sp³-hybridized carbons (Fsp3) is 0.400. The molecule has 0 radical (unpaired) electrons. The number of hydrogen-bond donors (Lipinski definition) is 0. The van der Waals surface area contributed by atoms with Gasteiger partial charge in [0, 0.05) is 32.7 Å². The second-order valence-electron chi connectivity index (χ2n) is 6.91. The van der Waals surface area contributed by atoms with Crippen LogP contribution in [0.4, 0.5) is 0 Å². The van der Waals surface area contributed by atoms with E-state index in [1.807, 2.05) is 30.3 Å². The Morgan fingerprint density at radius 2 is 1.44 bits per heavy atom. The lowest BCUT2D eigenvalue weighted by Crippen LogP contribution is -2.48. The van der Waals surface area contributed by atoms with Crippen molar-refractivity contribution in [2.24, 2.45) is 0 Å².